The van der Waals surface area contributed by atoms with Crippen LogP contribution in [0.1, 0.15) is 40.9 Å². The third-order valence-electron chi connectivity index (χ3n) is 5.32. The molecule has 146 valence electrons. The van der Waals surface area contributed by atoms with E-state index in [-0.39, 0.29) is 11.5 Å². The molecule has 0 unspecified atom stereocenters. The number of nitrogens with one attached hydrogen (secondary N) is 1. The highest BCUT2D eigenvalue weighted by molar-refractivity contribution is 7.20. The van der Waals surface area contributed by atoms with Crippen molar-refractivity contribution in [1.29, 1.82) is 0 Å². The van der Waals surface area contributed by atoms with E-state index in [1.165, 1.54) is 47.9 Å². The number of anilines is 2. The highest BCUT2D eigenvalue weighted by Gasteiger charge is 2.21. The Kier molecular flexibility index (Phi) is 5.17. The van der Waals surface area contributed by atoms with Crippen molar-refractivity contribution in [3.05, 3.63) is 51.4 Å². The van der Waals surface area contributed by atoms with E-state index in [1.54, 1.807) is 7.05 Å². The molecule has 6 nitrogen and oxygen atoms in total. The van der Waals surface area contributed by atoms with Crippen molar-refractivity contribution in [3.63, 3.8) is 0 Å². The summed E-state index contributed by atoms with van der Waals surface area (Å²) in [6.07, 6.45) is 6.36. The van der Waals surface area contributed by atoms with Gasteiger partial charge in [0.25, 0.3) is 11.5 Å². The second-order valence-electron chi connectivity index (χ2n) is 7.27. The van der Waals surface area contributed by atoms with E-state index >= 15 is 0 Å². The first kappa shape index (κ1) is 18.7. The third-order valence-corrected chi connectivity index (χ3v) is 6.51. The van der Waals surface area contributed by atoms with Crippen LogP contribution in [0, 0.1) is 6.92 Å². The van der Waals surface area contributed by atoms with Crippen LogP contribution >= 0.6 is 11.3 Å². The van der Waals surface area contributed by atoms with E-state index in [9.17, 15) is 9.59 Å². The number of thiophene rings is 1. The quantitative estimate of drug-likeness (QED) is 0.728. The number of carbonyl (C=O) groups is 1. The fourth-order valence-corrected chi connectivity index (χ4v) is 4.81. The molecule has 0 saturated carbocycles. The number of amides is 1. The average molecular weight is 397 g/mol. The summed E-state index contributed by atoms with van der Waals surface area (Å²) in [5.74, 6) is -0.190. The van der Waals surface area contributed by atoms with Crippen LogP contribution < -0.4 is 15.8 Å². The Bertz CT molecular complexity index is 1080. The Morgan fingerprint density at radius 3 is 2.61 bits per heavy atom. The summed E-state index contributed by atoms with van der Waals surface area (Å²) >= 11 is 1.27. The smallest absolute Gasteiger partial charge is 0.266 e. The molecule has 3 heterocycles. The molecule has 1 aliphatic rings. The van der Waals surface area contributed by atoms with Gasteiger partial charge in [-0.3, -0.25) is 9.59 Å². The lowest BCUT2D eigenvalue weighted by molar-refractivity contribution is 0.103. The van der Waals surface area contributed by atoms with Gasteiger partial charge in [-0.2, -0.15) is 0 Å². The van der Waals surface area contributed by atoms with Crippen LogP contribution in [-0.4, -0.2) is 28.5 Å². The molecule has 1 amide bonds. The van der Waals surface area contributed by atoms with E-state index in [1.807, 2.05) is 25.1 Å². The standard InChI is InChI=1S/C21H24N4O2S/c1-14-17-20(22-13-24(2)21(17)27)28-18(14)19(26)23-15-9-5-6-10-16(15)25-11-7-3-4-8-12-25/h5-6,9-10,13H,3-4,7-8,11-12H2,1-2H3,(H,23,26). The van der Waals surface area contributed by atoms with E-state index in [4.69, 9.17) is 0 Å². The number of fused-ring (bicyclic) bond motifs is 1. The maximum Gasteiger partial charge on any atom is 0.266 e. The molecule has 0 atom stereocenters. The summed E-state index contributed by atoms with van der Waals surface area (Å²) in [5.41, 5.74) is 2.44. The number of rotatable bonds is 3. The Labute approximate surface area is 167 Å². The number of hydrogen-bond donors (Lipinski definition) is 1. The van der Waals surface area contributed by atoms with Gasteiger partial charge in [-0.1, -0.05) is 25.0 Å². The maximum atomic E-state index is 13.0. The molecule has 1 fully saturated rings. The van der Waals surface area contributed by atoms with Gasteiger partial charge in [-0.25, -0.2) is 4.98 Å². The number of aromatic nitrogens is 2. The molecular formula is C21H24N4O2S. The van der Waals surface area contributed by atoms with Crippen LogP contribution in [0.3, 0.4) is 0 Å². The van der Waals surface area contributed by atoms with Gasteiger partial charge in [-0.05, 0) is 37.5 Å². The topological polar surface area (TPSA) is 67.2 Å². The molecule has 3 aromatic rings. The summed E-state index contributed by atoms with van der Waals surface area (Å²) in [6, 6.07) is 7.95. The number of hydrogen-bond acceptors (Lipinski definition) is 5. The van der Waals surface area contributed by atoms with Crippen LogP contribution in [0.5, 0.6) is 0 Å². The molecule has 0 spiro atoms. The van der Waals surface area contributed by atoms with Gasteiger partial charge in [0.2, 0.25) is 0 Å². The Morgan fingerprint density at radius 2 is 1.86 bits per heavy atom. The van der Waals surface area contributed by atoms with Crippen LogP contribution in [-0.2, 0) is 7.05 Å². The zero-order chi connectivity index (χ0) is 19.7. The van der Waals surface area contributed by atoms with Crippen molar-refractivity contribution in [2.75, 3.05) is 23.3 Å². The van der Waals surface area contributed by atoms with Gasteiger partial charge in [0, 0.05) is 20.1 Å². The second kappa shape index (κ2) is 7.75. The second-order valence-corrected chi connectivity index (χ2v) is 8.27. The predicted octanol–water partition coefficient (Wildman–Crippen LogP) is 3.94. The molecule has 1 aliphatic heterocycles. The maximum absolute atomic E-state index is 13.0. The summed E-state index contributed by atoms with van der Waals surface area (Å²) in [5, 5.41) is 3.60. The molecule has 2 aromatic heterocycles. The Morgan fingerprint density at radius 1 is 1.14 bits per heavy atom. The molecule has 1 saturated heterocycles. The van der Waals surface area contributed by atoms with Gasteiger partial charge in [0.1, 0.15) is 4.83 Å². The highest BCUT2D eigenvalue weighted by Crippen LogP contribution is 2.31. The van der Waals surface area contributed by atoms with Crippen LogP contribution in [0.25, 0.3) is 10.2 Å². The van der Waals surface area contributed by atoms with Gasteiger partial charge < -0.3 is 14.8 Å². The minimum absolute atomic E-state index is 0.122. The zero-order valence-corrected chi connectivity index (χ0v) is 17.0. The number of aryl methyl sites for hydroxylation is 2. The molecule has 4 rings (SSSR count). The number of para-hydroxylation sites is 2. The lowest BCUT2D eigenvalue weighted by atomic mass is 10.2. The van der Waals surface area contributed by atoms with Crippen LogP contribution in [0.2, 0.25) is 0 Å². The first-order chi connectivity index (χ1) is 13.6. The monoisotopic (exact) mass is 396 g/mol. The summed E-state index contributed by atoms with van der Waals surface area (Å²) in [7, 11) is 1.67. The lowest BCUT2D eigenvalue weighted by Gasteiger charge is -2.25. The van der Waals surface area contributed by atoms with Crippen LogP contribution in [0.15, 0.2) is 35.4 Å². The first-order valence-electron chi connectivity index (χ1n) is 9.66. The van der Waals surface area contributed by atoms with E-state index in [2.05, 4.69) is 21.3 Å². The zero-order valence-electron chi connectivity index (χ0n) is 16.2. The minimum Gasteiger partial charge on any atom is -0.370 e. The number of nitrogens with zero attached hydrogens (tertiary/aromatic N) is 3. The molecule has 7 heteroatoms. The molecule has 1 N–H and O–H groups in total. The highest BCUT2D eigenvalue weighted by atomic mass is 32.1. The molecule has 28 heavy (non-hydrogen) atoms. The Hall–Kier alpha value is -2.67. The SMILES string of the molecule is Cc1c(C(=O)Nc2ccccc2N2CCCCCC2)sc2ncn(C)c(=O)c12. The molecule has 0 bridgehead atoms. The minimum atomic E-state index is -0.190. The van der Waals surface area contributed by atoms with E-state index < -0.39 is 0 Å². The van der Waals surface area contributed by atoms with Gasteiger partial charge in [0.15, 0.2) is 0 Å². The van der Waals surface area contributed by atoms with Crippen LogP contribution in [0.4, 0.5) is 11.4 Å². The largest absolute Gasteiger partial charge is 0.370 e. The fraction of sp³-hybridized carbons (Fsp3) is 0.381. The fourth-order valence-electron chi connectivity index (χ4n) is 3.77. The predicted molar refractivity (Wildman–Crippen MR) is 115 cm³/mol. The normalized spacial score (nSPS) is 14.9. The third kappa shape index (κ3) is 3.42. The average Bonchev–Trinajstić information content (AvgIpc) is 2.85. The summed E-state index contributed by atoms with van der Waals surface area (Å²) in [6.45, 7) is 3.83. The molecular weight excluding hydrogens is 372 g/mol. The van der Waals surface area contributed by atoms with Crippen molar-refractivity contribution < 1.29 is 4.79 Å². The van der Waals surface area contributed by atoms with Crippen molar-refractivity contribution in [2.24, 2.45) is 7.05 Å². The van der Waals surface area contributed by atoms with E-state index in [0.29, 0.717) is 20.7 Å². The van der Waals surface area contributed by atoms with Crippen molar-refractivity contribution in [3.8, 4) is 0 Å². The summed E-state index contributed by atoms with van der Waals surface area (Å²) < 4.78 is 1.44. The first-order valence-corrected chi connectivity index (χ1v) is 10.5. The summed E-state index contributed by atoms with van der Waals surface area (Å²) in [4.78, 5) is 33.3. The van der Waals surface area contributed by atoms with E-state index in [0.717, 1.165) is 24.5 Å². The molecule has 0 aliphatic carbocycles. The number of benzene rings is 1. The number of carbonyl (C=O) groups excluding carboxylic acids is 1. The van der Waals surface area contributed by atoms with Crippen molar-refractivity contribution in [2.45, 2.75) is 32.6 Å². The lowest BCUT2D eigenvalue weighted by Crippen LogP contribution is -2.25. The van der Waals surface area contributed by atoms with Gasteiger partial charge in [0.05, 0.1) is 28.0 Å². The Balaban J connectivity index is 1.66. The molecule has 0 radical (unpaired) electrons. The van der Waals surface area contributed by atoms with Gasteiger partial charge >= 0.3 is 0 Å². The molecule has 1 aromatic carbocycles. The van der Waals surface area contributed by atoms with Gasteiger partial charge in [-0.15, -0.1) is 11.3 Å². The van der Waals surface area contributed by atoms with Crippen molar-refractivity contribution >= 4 is 38.8 Å². The van der Waals surface area contributed by atoms with Crippen molar-refractivity contribution in [1.82, 2.24) is 9.55 Å².